The van der Waals surface area contributed by atoms with Crippen LogP contribution in [0.3, 0.4) is 0 Å². The summed E-state index contributed by atoms with van der Waals surface area (Å²) in [6.45, 7) is 11.8. The number of nitrogens with zero attached hydrogens (tertiary/aromatic N) is 2. The van der Waals surface area contributed by atoms with E-state index < -0.39 is 0 Å². The average Bonchev–Trinajstić information content (AvgIpc) is 2.57. The van der Waals surface area contributed by atoms with Crippen molar-refractivity contribution in [3.8, 4) is 0 Å². The van der Waals surface area contributed by atoms with E-state index in [1.807, 2.05) is 12.1 Å². The Bertz CT molecular complexity index is 433. The maximum Gasteiger partial charge on any atom is 0.0314 e. The van der Waals surface area contributed by atoms with Gasteiger partial charge in [-0.2, -0.15) is 0 Å². The van der Waals surface area contributed by atoms with Crippen LogP contribution in [0.15, 0.2) is 24.3 Å². The van der Waals surface area contributed by atoms with Gasteiger partial charge < -0.3 is 10.6 Å². The van der Waals surface area contributed by atoms with Gasteiger partial charge in [0.25, 0.3) is 0 Å². The first kappa shape index (κ1) is 19.3. The third kappa shape index (κ3) is 7.67. The molecule has 0 radical (unpaired) electrons. The molecule has 3 heteroatoms. The molecule has 0 bridgehead atoms. The molecule has 2 rings (SSSR count). The van der Waals surface area contributed by atoms with Crippen LogP contribution in [-0.2, 0) is 6.54 Å². The van der Waals surface area contributed by atoms with Crippen LogP contribution < -0.4 is 5.73 Å². The Morgan fingerprint density at radius 2 is 1.42 bits per heavy atom. The van der Waals surface area contributed by atoms with Crippen molar-refractivity contribution in [2.24, 2.45) is 5.92 Å². The molecule has 1 aliphatic heterocycles. The van der Waals surface area contributed by atoms with Crippen LogP contribution in [0.25, 0.3) is 0 Å². The van der Waals surface area contributed by atoms with Crippen molar-refractivity contribution in [2.45, 2.75) is 58.9 Å². The molecule has 1 fully saturated rings. The van der Waals surface area contributed by atoms with Crippen LogP contribution in [-0.4, -0.2) is 42.5 Å². The largest absolute Gasteiger partial charge is 0.399 e. The number of nitrogens with two attached hydrogens (primary N) is 1. The normalized spacial score (nSPS) is 16.8. The van der Waals surface area contributed by atoms with Gasteiger partial charge in [0, 0.05) is 38.4 Å². The molecule has 1 saturated heterocycles. The second-order valence-corrected chi connectivity index (χ2v) is 7.81. The van der Waals surface area contributed by atoms with Gasteiger partial charge in [0.05, 0.1) is 0 Å². The van der Waals surface area contributed by atoms with Gasteiger partial charge >= 0.3 is 0 Å². The SMILES string of the molecule is CC(C)CCCCCCCN1CCN(Cc2ccc(N)cc2)CC1. The summed E-state index contributed by atoms with van der Waals surface area (Å²) in [6.07, 6.45) is 8.44. The van der Waals surface area contributed by atoms with Crippen LogP contribution in [0.5, 0.6) is 0 Å². The predicted octanol–water partition coefficient (Wildman–Crippen LogP) is 4.38. The Morgan fingerprint density at radius 3 is 2.08 bits per heavy atom. The van der Waals surface area contributed by atoms with Gasteiger partial charge in [-0.25, -0.2) is 0 Å². The zero-order valence-electron chi connectivity index (χ0n) is 15.8. The van der Waals surface area contributed by atoms with E-state index in [1.54, 1.807) is 0 Å². The van der Waals surface area contributed by atoms with Crippen molar-refractivity contribution in [3.05, 3.63) is 29.8 Å². The first-order valence-electron chi connectivity index (χ1n) is 9.92. The van der Waals surface area contributed by atoms with Crippen molar-refractivity contribution < 1.29 is 0 Å². The Balaban J connectivity index is 1.51. The molecular formula is C21H37N3. The highest BCUT2D eigenvalue weighted by molar-refractivity contribution is 5.39. The fourth-order valence-corrected chi connectivity index (χ4v) is 3.47. The van der Waals surface area contributed by atoms with Gasteiger partial charge in [0.1, 0.15) is 0 Å². The van der Waals surface area contributed by atoms with Crippen LogP contribution in [0.4, 0.5) is 5.69 Å². The Labute approximate surface area is 149 Å². The van der Waals surface area contributed by atoms with Gasteiger partial charge in [-0.05, 0) is 36.6 Å². The topological polar surface area (TPSA) is 32.5 Å². The Hall–Kier alpha value is -1.06. The van der Waals surface area contributed by atoms with Crippen LogP contribution in [0.2, 0.25) is 0 Å². The molecule has 1 aliphatic rings. The molecule has 3 nitrogen and oxygen atoms in total. The highest BCUT2D eigenvalue weighted by Crippen LogP contribution is 2.13. The maximum absolute atomic E-state index is 5.76. The van der Waals surface area contributed by atoms with Crippen molar-refractivity contribution in [2.75, 3.05) is 38.5 Å². The van der Waals surface area contributed by atoms with E-state index in [9.17, 15) is 0 Å². The lowest BCUT2D eigenvalue weighted by atomic mass is 10.0. The molecule has 1 heterocycles. The van der Waals surface area contributed by atoms with E-state index >= 15 is 0 Å². The third-order valence-electron chi connectivity index (χ3n) is 5.11. The van der Waals surface area contributed by atoms with Gasteiger partial charge in [0.15, 0.2) is 0 Å². The minimum Gasteiger partial charge on any atom is -0.399 e. The monoisotopic (exact) mass is 331 g/mol. The van der Waals surface area contributed by atoms with E-state index in [4.69, 9.17) is 5.73 Å². The van der Waals surface area contributed by atoms with Gasteiger partial charge in [0.2, 0.25) is 0 Å². The molecule has 24 heavy (non-hydrogen) atoms. The number of hydrogen-bond acceptors (Lipinski definition) is 3. The number of anilines is 1. The summed E-state index contributed by atoms with van der Waals surface area (Å²) >= 11 is 0. The molecule has 0 aliphatic carbocycles. The fourth-order valence-electron chi connectivity index (χ4n) is 3.47. The summed E-state index contributed by atoms with van der Waals surface area (Å²) in [7, 11) is 0. The summed E-state index contributed by atoms with van der Waals surface area (Å²) in [5.41, 5.74) is 7.98. The lowest BCUT2D eigenvalue weighted by Crippen LogP contribution is -2.46. The van der Waals surface area contributed by atoms with E-state index in [0.29, 0.717) is 0 Å². The zero-order chi connectivity index (χ0) is 17.2. The van der Waals surface area contributed by atoms with Crippen LogP contribution in [0.1, 0.15) is 57.9 Å². The lowest BCUT2D eigenvalue weighted by molar-refractivity contribution is 0.125. The molecule has 1 aromatic rings. The first-order valence-corrected chi connectivity index (χ1v) is 9.92. The minimum atomic E-state index is 0.854. The molecule has 0 amide bonds. The van der Waals surface area contributed by atoms with Gasteiger partial charge in [-0.15, -0.1) is 0 Å². The highest BCUT2D eigenvalue weighted by atomic mass is 15.3. The average molecular weight is 332 g/mol. The maximum atomic E-state index is 5.76. The van der Waals surface area contributed by atoms with Gasteiger partial charge in [-0.1, -0.05) is 58.1 Å². The molecule has 1 aromatic carbocycles. The van der Waals surface area contributed by atoms with Crippen molar-refractivity contribution in [1.29, 1.82) is 0 Å². The molecule has 136 valence electrons. The molecular weight excluding hydrogens is 294 g/mol. The zero-order valence-corrected chi connectivity index (χ0v) is 15.8. The summed E-state index contributed by atoms with van der Waals surface area (Å²) < 4.78 is 0. The number of hydrogen-bond donors (Lipinski definition) is 1. The molecule has 0 atom stereocenters. The quantitative estimate of drug-likeness (QED) is 0.510. The molecule has 0 spiro atoms. The van der Waals surface area contributed by atoms with E-state index in [2.05, 4.69) is 35.8 Å². The van der Waals surface area contributed by atoms with Gasteiger partial charge in [-0.3, -0.25) is 4.90 Å². The second kappa shape index (κ2) is 10.7. The van der Waals surface area contributed by atoms with Crippen LogP contribution >= 0.6 is 0 Å². The number of unbranched alkanes of at least 4 members (excludes halogenated alkanes) is 4. The predicted molar refractivity (Wildman–Crippen MR) is 105 cm³/mol. The second-order valence-electron chi connectivity index (χ2n) is 7.81. The third-order valence-corrected chi connectivity index (χ3v) is 5.11. The smallest absolute Gasteiger partial charge is 0.0314 e. The minimum absolute atomic E-state index is 0.854. The molecule has 0 saturated carbocycles. The molecule has 0 unspecified atom stereocenters. The van der Waals surface area contributed by atoms with Crippen molar-refractivity contribution >= 4 is 5.69 Å². The summed E-state index contributed by atoms with van der Waals surface area (Å²) in [5, 5.41) is 0. The molecule has 0 aromatic heterocycles. The number of piperazine rings is 1. The summed E-state index contributed by atoms with van der Waals surface area (Å²) in [6, 6.07) is 8.32. The van der Waals surface area contributed by atoms with Crippen molar-refractivity contribution in [3.63, 3.8) is 0 Å². The Kier molecular flexibility index (Phi) is 8.62. The first-order chi connectivity index (χ1) is 11.6. The Morgan fingerprint density at radius 1 is 0.833 bits per heavy atom. The van der Waals surface area contributed by atoms with E-state index in [-0.39, 0.29) is 0 Å². The highest BCUT2D eigenvalue weighted by Gasteiger charge is 2.16. The number of nitrogen functional groups attached to an aromatic ring is 1. The number of benzene rings is 1. The molecule has 2 N–H and O–H groups in total. The number of rotatable bonds is 10. The lowest BCUT2D eigenvalue weighted by Gasteiger charge is -2.34. The van der Waals surface area contributed by atoms with E-state index in [1.165, 1.54) is 76.8 Å². The fraction of sp³-hybridized carbons (Fsp3) is 0.714. The summed E-state index contributed by atoms with van der Waals surface area (Å²) in [4.78, 5) is 5.21. The summed E-state index contributed by atoms with van der Waals surface area (Å²) in [5.74, 6) is 0.870. The van der Waals surface area contributed by atoms with Crippen molar-refractivity contribution in [1.82, 2.24) is 9.80 Å². The standard InChI is InChI=1S/C21H37N3/c1-19(2)8-6-4-3-5-7-13-23-14-16-24(17-15-23)18-20-9-11-21(22)12-10-20/h9-12,19H,3-8,13-18,22H2,1-2H3. The van der Waals surface area contributed by atoms with E-state index in [0.717, 1.165) is 18.2 Å². The van der Waals surface area contributed by atoms with Crippen LogP contribution in [0, 0.1) is 5.92 Å².